The summed E-state index contributed by atoms with van der Waals surface area (Å²) in [4.78, 5) is 8.70. The molecule has 0 aliphatic rings. The Morgan fingerprint density at radius 3 is 2.43 bits per heavy atom. The Bertz CT molecular complexity index is 567. The molecular weight excluding hydrogens is 262 g/mol. The van der Waals surface area contributed by atoms with Crippen LogP contribution in [0.5, 0.6) is 5.75 Å². The molecular formula is C17H23N3O. The lowest BCUT2D eigenvalue weighted by atomic mass is 10.0. The minimum Gasteiger partial charge on any atom is -0.491 e. The van der Waals surface area contributed by atoms with E-state index in [4.69, 9.17) is 4.74 Å². The monoisotopic (exact) mass is 285 g/mol. The molecule has 0 fully saturated rings. The molecule has 112 valence electrons. The first-order valence-corrected chi connectivity index (χ1v) is 7.39. The van der Waals surface area contributed by atoms with E-state index >= 15 is 0 Å². The number of ether oxygens (including phenoxy) is 1. The summed E-state index contributed by atoms with van der Waals surface area (Å²) in [5.74, 6) is 1.68. The number of nitrogens with one attached hydrogen (secondary N) is 1. The number of nitrogens with zero attached hydrogens (tertiary/aromatic N) is 2. The fourth-order valence-electron chi connectivity index (χ4n) is 2.24. The molecule has 0 aliphatic heterocycles. The first-order chi connectivity index (χ1) is 10.1. The van der Waals surface area contributed by atoms with Crippen LogP contribution in [-0.2, 0) is 0 Å². The SMILES string of the molecule is CCNC(c1ccc(OC(C)C)cc1)c1ccnc(C)n1. The molecule has 1 N–H and O–H groups in total. The van der Waals surface area contributed by atoms with Crippen molar-refractivity contribution in [2.45, 2.75) is 39.8 Å². The van der Waals surface area contributed by atoms with Crippen LogP contribution in [0.15, 0.2) is 36.5 Å². The smallest absolute Gasteiger partial charge is 0.125 e. The molecule has 21 heavy (non-hydrogen) atoms. The molecule has 1 atom stereocenters. The van der Waals surface area contributed by atoms with E-state index in [-0.39, 0.29) is 12.1 Å². The lowest BCUT2D eigenvalue weighted by Crippen LogP contribution is -2.23. The summed E-state index contributed by atoms with van der Waals surface area (Å²) < 4.78 is 5.69. The van der Waals surface area contributed by atoms with Crippen molar-refractivity contribution in [3.8, 4) is 5.75 Å². The van der Waals surface area contributed by atoms with E-state index in [1.165, 1.54) is 5.56 Å². The zero-order valence-electron chi connectivity index (χ0n) is 13.1. The summed E-state index contributed by atoms with van der Waals surface area (Å²) >= 11 is 0. The van der Waals surface area contributed by atoms with Gasteiger partial charge in [-0.25, -0.2) is 9.97 Å². The van der Waals surface area contributed by atoms with E-state index in [1.54, 1.807) is 6.20 Å². The number of hydrogen-bond acceptors (Lipinski definition) is 4. The Labute approximate surface area is 126 Å². The summed E-state index contributed by atoms with van der Waals surface area (Å²) in [6, 6.07) is 10.2. The maximum atomic E-state index is 5.69. The van der Waals surface area contributed by atoms with Gasteiger partial charge in [-0.2, -0.15) is 0 Å². The minimum atomic E-state index is 0.0739. The van der Waals surface area contributed by atoms with Crippen LogP contribution >= 0.6 is 0 Å². The Balaban J connectivity index is 2.26. The van der Waals surface area contributed by atoms with E-state index in [9.17, 15) is 0 Å². The Morgan fingerprint density at radius 2 is 1.86 bits per heavy atom. The number of benzene rings is 1. The molecule has 0 amide bonds. The van der Waals surface area contributed by atoms with Gasteiger partial charge in [-0.15, -0.1) is 0 Å². The molecule has 4 heteroatoms. The van der Waals surface area contributed by atoms with Crippen LogP contribution in [-0.4, -0.2) is 22.6 Å². The van der Waals surface area contributed by atoms with Gasteiger partial charge in [-0.1, -0.05) is 19.1 Å². The molecule has 4 nitrogen and oxygen atoms in total. The second kappa shape index (κ2) is 7.18. The van der Waals surface area contributed by atoms with Crippen LogP contribution in [0.1, 0.15) is 43.9 Å². The Hall–Kier alpha value is -1.94. The van der Waals surface area contributed by atoms with Crippen LogP contribution in [0.3, 0.4) is 0 Å². The zero-order valence-corrected chi connectivity index (χ0v) is 13.1. The van der Waals surface area contributed by atoms with E-state index < -0.39 is 0 Å². The van der Waals surface area contributed by atoms with E-state index in [0.29, 0.717) is 0 Å². The lowest BCUT2D eigenvalue weighted by molar-refractivity contribution is 0.242. The highest BCUT2D eigenvalue weighted by Crippen LogP contribution is 2.23. The normalized spacial score (nSPS) is 12.4. The van der Waals surface area contributed by atoms with Crippen molar-refractivity contribution in [2.24, 2.45) is 0 Å². The molecule has 1 aromatic heterocycles. The van der Waals surface area contributed by atoms with Gasteiger partial charge in [0.05, 0.1) is 17.8 Å². The van der Waals surface area contributed by atoms with Crippen LogP contribution in [0.25, 0.3) is 0 Å². The van der Waals surface area contributed by atoms with Crippen molar-refractivity contribution in [3.63, 3.8) is 0 Å². The van der Waals surface area contributed by atoms with Gasteiger partial charge in [0.1, 0.15) is 11.6 Å². The highest BCUT2D eigenvalue weighted by molar-refractivity contribution is 5.33. The Morgan fingerprint density at radius 1 is 1.14 bits per heavy atom. The van der Waals surface area contributed by atoms with E-state index in [0.717, 1.165) is 23.8 Å². The molecule has 2 rings (SSSR count). The number of aryl methyl sites for hydroxylation is 1. The predicted octanol–water partition coefficient (Wildman–Crippen LogP) is 3.27. The predicted molar refractivity (Wildman–Crippen MR) is 84.5 cm³/mol. The standard InChI is InChI=1S/C17H23N3O/c1-5-18-17(16-10-11-19-13(4)20-16)14-6-8-15(9-7-14)21-12(2)3/h6-12,17-18H,5H2,1-4H3. The maximum Gasteiger partial charge on any atom is 0.125 e. The largest absolute Gasteiger partial charge is 0.491 e. The molecule has 1 heterocycles. The third-order valence-corrected chi connectivity index (χ3v) is 3.09. The quantitative estimate of drug-likeness (QED) is 0.885. The fourth-order valence-corrected chi connectivity index (χ4v) is 2.24. The second-order valence-electron chi connectivity index (χ2n) is 5.26. The molecule has 1 unspecified atom stereocenters. The average Bonchev–Trinajstić information content (AvgIpc) is 2.45. The summed E-state index contributed by atoms with van der Waals surface area (Å²) in [5, 5.41) is 3.47. The highest BCUT2D eigenvalue weighted by Gasteiger charge is 2.14. The van der Waals surface area contributed by atoms with Crippen molar-refractivity contribution in [3.05, 3.63) is 53.6 Å². The van der Waals surface area contributed by atoms with Gasteiger partial charge in [0.15, 0.2) is 0 Å². The van der Waals surface area contributed by atoms with E-state index in [1.807, 2.05) is 39.0 Å². The molecule has 2 aromatic rings. The summed E-state index contributed by atoms with van der Waals surface area (Å²) in [6.45, 7) is 8.93. The molecule has 0 saturated heterocycles. The molecule has 1 aromatic carbocycles. The van der Waals surface area contributed by atoms with Crippen LogP contribution in [0.4, 0.5) is 0 Å². The van der Waals surface area contributed by atoms with Gasteiger partial charge in [0, 0.05) is 6.20 Å². The van der Waals surface area contributed by atoms with Crippen LogP contribution in [0.2, 0.25) is 0 Å². The van der Waals surface area contributed by atoms with Crippen molar-refractivity contribution >= 4 is 0 Å². The van der Waals surface area contributed by atoms with Crippen molar-refractivity contribution < 1.29 is 4.74 Å². The van der Waals surface area contributed by atoms with Crippen molar-refractivity contribution in [1.82, 2.24) is 15.3 Å². The number of rotatable bonds is 6. The molecule has 0 bridgehead atoms. The topological polar surface area (TPSA) is 47.0 Å². The fraction of sp³-hybridized carbons (Fsp3) is 0.412. The lowest BCUT2D eigenvalue weighted by Gasteiger charge is -2.19. The van der Waals surface area contributed by atoms with Gasteiger partial charge < -0.3 is 10.1 Å². The van der Waals surface area contributed by atoms with Gasteiger partial charge >= 0.3 is 0 Å². The minimum absolute atomic E-state index is 0.0739. The van der Waals surface area contributed by atoms with Gasteiger partial charge in [-0.05, 0) is 51.1 Å². The number of hydrogen-bond donors (Lipinski definition) is 1. The number of aromatic nitrogens is 2. The van der Waals surface area contributed by atoms with Gasteiger partial charge in [-0.3, -0.25) is 0 Å². The summed E-state index contributed by atoms with van der Waals surface area (Å²) in [5.41, 5.74) is 2.16. The molecule has 0 spiro atoms. The third-order valence-electron chi connectivity index (χ3n) is 3.09. The maximum absolute atomic E-state index is 5.69. The zero-order chi connectivity index (χ0) is 15.2. The summed E-state index contributed by atoms with van der Waals surface area (Å²) in [6.07, 6.45) is 1.99. The second-order valence-corrected chi connectivity index (χ2v) is 5.26. The third kappa shape index (κ3) is 4.26. The molecule has 0 aliphatic carbocycles. The Kier molecular flexibility index (Phi) is 5.28. The molecule has 0 radical (unpaired) electrons. The summed E-state index contributed by atoms with van der Waals surface area (Å²) in [7, 11) is 0. The highest BCUT2D eigenvalue weighted by atomic mass is 16.5. The average molecular weight is 285 g/mol. The first-order valence-electron chi connectivity index (χ1n) is 7.39. The van der Waals surface area contributed by atoms with Gasteiger partial charge in [0.2, 0.25) is 0 Å². The van der Waals surface area contributed by atoms with Crippen LogP contribution < -0.4 is 10.1 Å². The van der Waals surface area contributed by atoms with Crippen LogP contribution in [0, 0.1) is 6.92 Å². The first kappa shape index (κ1) is 15.4. The van der Waals surface area contributed by atoms with E-state index in [2.05, 4.69) is 34.3 Å². The van der Waals surface area contributed by atoms with Crippen molar-refractivity contribution in [1.29, 1.82) is 0 Å². The molecule has 0 saturated carbocycles. The van der Waals surface area contributed by atoms with Crippen molar-refractivity contribution in [2.75, 3.05) is 6.54 Å². The van der Waals surface area contributed by atoms with Gasteiger partial charge in [0.25, 0.3) is 0 Å².